The van der Waals surface area contributed by atoms with Crippen LogP contribution < -0.4 is 11.1 Å². The number of nitrogens with two attached hydrogens (primary N) is 1. The average molecular weight is 378 g/mol. The van der Waals surface area contributed by atoms with Crippen molar-refractivity contribution in [3.8, 4) is 10.8 Å². The van der Waals surface area contributed by atoms with E-state index in [-0.39, 0.29) is 18.3 Å². The third kappa shape index (κ3) is 3.28. The van der Waals surface area contributed by atoms with Crippen LogP contribution in [0.3, 0.4) is 0 Å². The van der Waals surface area contributed by atoms with Crippen LogP contribution in [0.4, 0.5) is 5.69 Å². The van der Waals surface area contributed by atoms with Crippen molar-refractivity contribution in [2.24, 2.45) is 5.73 Å². The molecule has 0 atom stereocenters. The number of carbonyl (C=O) groups is 1. The molecule has 0 unspecified atom stereocenters. The molecule has 3 N–H and O–H groups in total. The largest absolute Gasteiger partial charge is 0.333 e. The second-order valence-electron chi connectivity index (χ2n) is 5.79. The molecular weight excluding hydrogens is 362 g/mol. The Morgan fingerprint density at radius 3 is 2.72 bits per heavy atom. The normalized spacial score (nSPS) is 15.1. The van der Waals surface area contributed by atoms with Gasteiger partial charge in [0.15, 0.2) is 5.82 Å². The van der Waals surface area contributed by atoms with Crippen molar-refractivity contribution in [2.75, 3.05) is 5.32 Å². The van der Waals surface area contributed by atoms with Gasteiger partial charge in [0.1, 0.15) is 4.88 Å². The number of pyridine rings is 1. The van der Waals surface area contributed by atoms with Crippen molar-refractivity contribution in [1.29, 1.82) is 0 Å². The maximum absolute atomic E-state index is 12.3. The van der Waals surface area contributed by atoms with Crippen LogP contribution in [0.15, 0.2) is 40.5 Å². The van der Waals surface area contributed by atoms with E-state index in [0.717, 1.165) is 24.1 Å². The van der Waals surface area contributed by atoms with Crippen molar-refractivity contribution in [2.45, 2.75) is 24.8 Å². The Morgan fingerprint density at radius 2 is 2.04 bits per heavy atom. The number of carbonyl (C=O) groups excluding carboxylic acids is 1. The summed E-state index contributed by atoms with van der Waals surface area (Å²) in [7, 11) is 0. The molecule has 1 saturated carbocycles. The van der Waals surface area contributed by atoms with Crippen LogP contribution in [-0.4, -0.2) is 21.0 Å². The first kappa shape index (κ1) is 17.5. The van der Waals surface area contributed by atoms with Crippen molar-refractivity contribution in [1.82, 2.24) is 15.1 Å². The van der Waals surface area contributed by atoms with E-state index in [9.17, 15) is 4.79 Å². The topological polar surface area (TPSA) is 107 Å². The smallest absolute Gasteiger partial charge is 0.270 e. The van der Waals surface area contributed by atoms with Gasteiger partial charge in [-0.05, 0) is 42.8 Å². The van der Waals surface area contributed by atoms with Crippen LogP contribution in [0.25, 0.3) is 10.8 Å². The highest BCUT2D eigenvalue weighted by Gasteiger charge is 2.39. The Kier molecular flexibility index (Phi) is 4.85. The van der Waals surface area contributed by atoms with E-state index in [1.165, 1.54) is 11.3 Å². The minimum Gasteiger partial charge on any atom is -0.333 e. The highest BCUT2D eigenvalue weighted by atomic mass is 35.5. The second-order valence-corrected chi connectivity index (χ2v) is 6.70. The quantitative estimate of drug-likeness (QED) is 0.722. The zero-order valence-corrected chi connectivity index (χ0v) is 14.8. The van der Waals surface area contributed by atoms with Crippen LogP contribution in [-0.2, 0) is 5.54 Å². The SMILES string of the molecule is Cl.NC1(c2noc(-c3sccc3NC(=O)c3ccncc3)n2)CCC1. The van der Waals surface area contributed by atoms with E-state index in [1.807, 2.05) is 11.4 Å². The summed E-state index contributed by atoms with van der Waals surface area (Å²) in [4.78, 5) is 21.4. The monoisotopic (exact) mass is 377 g/mol. The Balaban J connectivity index is 0.00000182. The highest BCUT2D eigenvalue weighted by Crippen LogP contribution is 2.39. The van der Waals surface area contributed by atoms with E-state index >= 15 is 0 Å². The lowest BCUT2D eigenvalue weighted by Crippen LogP contribution is -2.44. The van der Waals surface area contributed by atoms with Crippen molar-refractivity contribution in [3.63, 3.8) is 0 Å². The Morgan fingerprint density at radius 1 is 1.28 bits per heavy atom. The predicted molar refractivity (Wildman–Crippen MR) is 96.8 cm³/mol. The van der Waals surface area contributed by atoms with Crippen LogP contribution in [0, 0.1) is 0 Å². The van der Waals surface area contributed by atoms with Gasteiger partial charge < -0.3 is 15.6 Å². The van der Waals surface area contributed by atoms with Gasteiger partial charge in [0.05, 0.1) is 11.2 Å². The van der Waals surface area contributed by atoms with E-state index in [0.29, 0.717) is 23.0 Å². The summed E-state index contributed by atoms with van der Waals surface area (Å²) in [6.45, 7) is 0. The third-order valence-corrected chi connectivity index (χ3v) is 5.07. The van der Waals surface area contributed by atoms with Crippen LogP contribution in [0.5, 0.6) is 0 Å². The summed E-state index contributed by atoms with van der Waals surface area (Å²) in [5.74, 6) is 0.691. The van der Waals surface area contributed by atoms with Crippen LogP contribution in [0.2, 0.25) is 0 Å². The number of rotatable bonds is 4. The molecule has 0 radical (unpaired) electrons. The Bertz CT molecular complexity index is 876. The van der Waals surface area contributed by atoms with Crippen LogP contribution >= 0.6 is 23.7 Å². The first-order valence-corrected chi connectivity index (χ1v) is 8.46. The highest BCUT2D eigenvalue weighted by molar-refractivity contribution is 7.14. The molecule has 1 aliphatic rings. The number of thiophene rings is 1. The number of hydrogen-bond acceptors (Lipinski definition) is 7. The molecule has 1 fully saturated rings. The fourth-order valence-corrected chi connectivity index (χ4v) is 3.34. The fraction of sp³-hybridized carbons (Fsp3) is 0.250. The molecular formula is C16H16ClN5O2S. The fourth-order valence-electron chi connectivity index (χ4n) is 2.57. The minimum atomic E-state index is -0.473. The zero-order chi connectivity index (χ0) is 16.6. The molecule has 4 rings (SSSR count). The Hall–Kier alpha value is -2.29. The van der Waals surface area contributed by atoms with Gasteiger partial charge in [-0.1, -0.05) is 5.16 Å². The predicted octanol–water partition coefficient (Wildman–Crippen LogP) is 3.21. The number of hydrogen-bond donors (Lipinski definition) is 2. The summed E-state index contributed by atoms with van der Waals surface area (Å²) in [6, 6.07) is 5.12. The summed E-state index contributed by atoms with van der Waals surface area (Å²) < 4.78 is 5.37. The first-order chi connectivity index (χ1) is 11.7. The summed E-state index contributed by atoms with van der Waals surface area (Å²) in [5, 5.41) is 8.75. The lowest BCUT2D eigenvalue weighted by molar-refractivity contribution is 0.102. The minimum absolute atomic E-state index is 0. The molecule has 1 amide bonds. The lowest BCUT2D eigenvalue weighted by atomic mass is 9.77. The van der Waals surface area contributed by atoms with E-state index in [4.69, 9.17) is 10.3 Å². The van der Waals surface area contributed by atoms with Gasteiger partial charge in [-0.3, -0.25) is 9.78 Å². The molecule has 25 heavy (non-hydrogen) atoms. The molecule has 1 aliphatic carbocycles. The maximum atomic E-state index is 12.3. The first-order valence-electron chi connectivity index (χ1n) is 7.58. The molecule has 0 saturated heterocycles. The number of nitrogens with one attached hydrogen (secondary N) is 1. The Labute approximate surface area is 154 Å². The number of nitrogens with zero attached hydrogens (tertiary/aromatic N) is 3. The van der Waals surface area contributed by atoms with Gasteiger partial charge in [-0.25, -0.2) is 0 Å². The van der Waals surface area contributed by atoms with Gasteiger partial charge >= 0.3 is 0 Å². The number of halogens is 1. The summed E-state index contributed by atoms with van der Waals surface area (Å²) in [5.41, 5.74) is 6.92. The zero-order valence-electron chi connectivity index (χ0n) is 13.1. The molecule has 3 aromatic heterocycles. The molecule has 9 heteroatoms. The summed E-state index contributed by atoms with van der Waals surface area (Å²) >= 11 is 1.43. The second kappa shape index (κ2) is 6.91. The van der Waals surface area contributed by atoms with Gasteiger partial charge in [0, 0.05) is 18.0 Å². The van der Waals surface area contributed by atoms with Crippen molar-refractivity contribution in [3.05, 3.63) is 47.4 Å². The molecule has 0 bridgehead atoms. The number of aromatic nitrogens is 3. The van der Waals surface area contributed by atoms with E-state index in [2.05, 4.69) is 20.4 Å². The van der Waals surface area contributed by atoms with E-state index in [1.54, 1.807) is 24.5 Å². The van der Waals surface area contributed by atoms with Gasteiger partial charge in [-0.2, -0.15) is 4.98 Å². The van der Waals surface area contributed by atoms with Gasteiger partial charge in [0.2, 0.25) is 0 Å². The standard InChI is InChI=1S/C16H15N5O2S.ClH/c17-16(5-1-6-16)15-20-14(23-21-15)12-11(4-9-24-12)19-13(22)10-2-7-18-8-3-10;/h2-4,7-9H,1,5-6,17H2,(H,19,22);1H. The van der Waals surface area contributed by atoms with Gasteiger partial charge in [0.25, 0.3) is 11.8 Å². The molecule has 0 spiro atoms. The molecule has 7 nitrogen and oxygen atoms in total. The molecule has 0 aliphatic heterocycles. The average Bonchev–Trinajstić information content (AvgIpc) is 3.22. The van der Waals surface area contributed by atoms with Crippen LogP contribution in [0.1, 0.15) is 35.4 Å². The van der Waals surface area contributed by atoms with Crippen molar-refractivity contribution < 1.29 is 9.32 Å². The molecule has 130 valence electrons. The number of anilines is 1. The summed E-state index contributed by atoms with van der Waals surface area (Å²) in [6.07, 6.45) is 5.96. The number of amides is 1. The third-order valence-electron chi connectivity index (χ3n) is 4.17. The van der Waals surface area contributed by atoms with E-state index < -0.39 is 5.54 Å². The maximum Gasteiger partial charge on any atom is 0.270 e. The lowest BCUT2D eigenvalue weighted by Gasteiger charge is -2.34. The molecule has 3 aromatic rings. The molecule has 3 heterocycles. The van der Waals surface area contributed by atoms with Crippen molar-refractivity contribution >= 4 is 35.3 Å². The van der Waals surface area contributed by atoms with Gasteiger partial charge in [-0.15, -0.1) is 23.7 Å². The molecule has 0 aromatic carbocycles.